The number of aryl methyl sites for hydroxylation is 2. The molecule has 2 rings (SSSR count). The lowest BCUT2D eigenvalue weighted by molar-refractivity contribution is 0.412. The fraction of sp³-hybridized carbons (Fsp3) is 0.286. The summed E-state index contributed by atoms with van der Waals surface area (Å²) < 4.78 is 7.18. The molecule has 0 radical (unpaired) electrons. The van der Waals surface area contributed by atoms with Crippen molar-refractivity contribution in [2.75, 3.05) is 7.11 Å². The molecule has 0 aliphatic heterocycles. The number of nitrogens with zero attached hydrogens (tertiary/aromatic N) is 3. The van der Waals surface area contributed by atoms with E-state index in [0.29, 0.717) is 6.42 Å². The summed E-state index contributed by atoms with van der Waals surface area (Å²) in [4.78, 5) is 4.47. The minimum absolute atomic E-state index is 0.336. The molecule has 92 valence electrons. The Balaban J connectivity index is 2.42. The van der Waals surface area contributed by atoms with Gasteiger partial charge < -0.3 is 9.30 Å². The van der Waals surface area contributed by atoms with Crippen LogP contribution in [0.2, 0.25) is 0 Å². The molecule has 0 aliphatic carbocycles. The number of methoxy groups -OCH3 is 1. The Kier molecular flexibility index (Phi) is 3.33. The fourth-order valence-corrected chi connectivity index (χ4v) is 1.98. The monoisotopic (exact) mass is 241 g/mol. The number of imidazole rings is 1. The smallest absolute Gasteiger partial charge is 0.140 e. The van der Waals surface area contributed by atoms with E-state index in [1.807, 2.05) is 42.9 Å². The first-order valence-corrected chi connectivity index (χ1v) is 5.70. The minimum Gasteiger partial charge on any atom is -0.496 e. The predicted octanol–water partition coefficient (Wildman–Crippen LogP) is 2.47. The lowest BCUT2D eigenvalue weighted by Crippen LogP contribution is -1.93. The van der Waals surface area contributed by atoms with Crippen LogP contribution in [0.15, 0.2) is 24.4 Å². The van der Waals surface area contributed by atoms with Crippen molar-refractivity contribution < 1.29 is 4.74 Å². The van der Waals surface area contributed by atoms with Gasteiger partial charge in [-0.1, -0.05) is 0 Å². The number of aromatic nitrogens is 2. The molecular formula is C14H15N3O. The summed E-state index contributed by atoms with van der Waals surface area (Å²) in [5.74, 6) is 1.73. The maximum Gasteiger partial charge on any atom is 0.140 e. The quantitative estimate of drug-likeness (QED) is 0.829. The fourth-order valence-electron chi connectivity index (χ4n) is 1.98. The van der Waals surface area contributed by atoms with Gasteiger partial charge in [-0.25, -0.2) is 4.98 Å². The van der Waals surface area contributed by atoms with Gasteiger partial charge in [-0.3, -0.25) is 0 Å². The van der Waals surface area contributed by atoms with Gasteiger partial charge in [0.15, 0.2) is 0 Å². The van der Waals surface area contributed by atoms with Gasteiger partial charge in [-0.2, -0.15) is 5.26 Å². The van der Waals surface area contributed by atoms with Gasteiger partial charge in [-0.15, -0.1) is 0 Å². The molecule has 0 saturated carbocycles. The van der Waals surface area contributed by atoms with Crippen molar-refractivity contribution in [1.82, 2.24) is 9.55 Å². The highest BCUT2D eigenvalue weighted by Gasteiger charge is 2.09. The van der Waals surface area contributed by atoms with Crippen molar-refractivity contribution in [1.29, 1.82) is 5.26 Å². The van der Waals surface area contributed by atoms with Gasteiger partial charge in [0, 0.05) is 18.8 Å². The number of nitriles is 1. The van der Waals surface area contributed by atoms with E-state index >= 15 is 0 Å². The second-order valence-electron chi connectivity index (χ2n) is 4.19. The Labute approximate surface area is 106 Å². The van der Waals surface area contributed by atoms with E-state index < -0.39 is 0 Å². The highest BCUT2D eigenvalue weighted by atomic mass is 16.5. The average Bonchev–Trinajstić information content (AvgIpc) is 2.71. The van der Waals surface area contributed by atoms with E-state index in [1.54, 1.807) is 7.11 Å². The molecule has 18 heavy (non-hydrogen) atoms. The molecular weight excluding hydrogens is 226 g/mol. The molecule has 0 atom stereocenters. The van der Waals surface area contributed by atoms with Crippen molar-refractivity contribution in [3.05, 3.63) is 35.7 Å². The average molecular weight is 241 g/mol. The molecule has 4 nitrogen and oxygen atoms in total. The summed E-state index contributed by atoms with van der Waals surface area (Å²) >= 11 is 0. The number of hydrogen-bond donors (Lipinski definition) is 0. The summed E-state index contributed by atoms with van der Waals surface area (Å²) in [6.45, 7) is 2.00. The second-order valence-corrected chi connectivity index (χ2v) is 4.19. The lowest BCUT2D eigenvalue weighted by atomic mass is 10.1. The molecule has 0 bridgehead atoms. The molecule has 0 aliphatic rings. The molecule has 1 aromatic heterocycles. The van der Waals surface area contributed by atoms with Crippen LogP contribution in [0, 0.1) is 18.3 Å². The molecule has 1 heterocycles. The van der Waals surface area contributed by atoms with Gasteiger partial charge in [-0.05, 0) is 30.7 Å². The van der Waals surface area contributed by atoms with Crippen molar-refractivity contribution in [2.24, 2.45) is 7.05 Å². The van der Waals surface area contributed by atoms with E-state index in [2.05, 4.69) is 11.1 Å². The van der Waals surface area contributed by atoms with E-state index in [1.165, 1.54) is 0 Å². The van der Waals surface area contributed by atoms with Crippen molar-refractivity contribution in [2.45, 2.75) is 13.3 Å². The Morgan fingerprint density at radius 1 is 1.44 bits per heavy atom. The molecule has 0 spiro atoms. The molecule has 0 saturated heterocycles. The van der Waals surface area contributed by atoms with Crippen LogP contribution in [0.5, 0.6) is 5.75 Å². The van der Waals surface area contributed by atoms with Crippen LogP contribution in [0.1, 0.15) is 11.3 Å². The normalized spacial score (nSPS) is 10.1. The van der Waals surface area contributed by atoms with E-state index in [4.69, 9.17) is 10.00 Å². The minimum atomic E-state index is 0.336. The summed E-state index contributed by atoms with van der Waals surface area (Å²) in [7, 11) is 3.59. The molecule has 4 heteroatoms. The van der Waals surface area contributed by atoms with Crippen LogP contribution >= 0.6 is 0 Å². The largest absolute Gasteiger partial charge is 0.496 e. The zero-order valence-electron chi connectivity index (χ0n) is 10.8. The topological polar surface area (TPSA) is 50.8 Å². The predicted molar refractivity (Wildman–Crippen MR) is 69.3 cm³/mol. The maximum atomic E-state index is 8.69. The third-order valence-corrected chi connectivity index (χ3v) is 2.84. The van der Waals surface area contributed by atoms with Gasteiger partial charge in [0.05, 0.1) is 25.3 Å². The van der Waals surface area contributed by atoms with Crippen LogP contribution in [0.3, 0.4) is 0 Å². The first-order valence-electron chi connectivity index (χ1n) is 5.70. The van der Waals surface area contributed by atoms with E-state index in [-0.39, 0.29) is 0 Å². The Morgan fingerprint density at radius 3 is 2.83 bits per heavy atom. The van der Waals surface area contributed by atoms with Crippen molar-refractivity contribution in [3.8, 4) is 23.2 Å². The zero-order valence-corrected chi connectivity index (χ0v) is 10.8. The summed E-state index contributed by atoms with van der Waals surface area (Å²) in [6, 6.07) is 8.06. The van der Waals surface area contributed by atoms with Crippen LogP contribution in [0.25, 0.3) is 11.4 Å². The van der Waals surface area contributed by atoms with Crippen molar-refractivity contribution >= 4 is 0 Å². The zero-order chi connectivity index (χ0) is 13.1. The maximum absolute atomic E-state index is 8.69. The summed E-state index contributed by atoms with van der Waals surface area (Å²) in [5.41, 5.74) is 2.89. The Bertz CT molecular complexity index is 608. The van der Waals surface area contributed by atoms with Crippen LogP contribution in [-0.2, 0) is 13.5 Å². The third kappa shape index (κ3) is 2.21. The molecule has 2 aromatic rings. The van der Waals surface area contributed by atoms with Crippen LogP contribution in [-0.4, -0.2) is 16.7 Å². The van der Waals surface area contributed by atoms with E-state index in [9.17, 15) is 0 Å². The van der Waals surface area contributed by atoms with Crippen molar-refractivity contribution in [3.63, 3.8) is 0 Å². The molecule has 1 aromatic carbocycles. The number of hydrogen-bond acceptors (Lipinski definition) is 3. The number of benzene rings is 1. The number of rotatable bonds is 3. The number of ether oxygens (including phenoxy) is 1. The van der Waals surface area contributed by atoms with Gasteiger partial charge in [0.1, 0.15) is 11.6 Å². The first-order chi connectivity index (χ1) is 8.65. The molecule has 0 unspecified atom stereocenters. The summed E-state index contributed by atoms with van der Waals surface area (Å²) in [5, 5.41) is 8.69. The Morgan fingerprint density at radius 2 is 2.22 bits per heavy atom. The second kappa shape index (κ2) is 4.92. The standard InChI is InChI=1S/C14H15N3O/c1-10-8-11(4-5-13(10)18-3)14-16-12(6-7-15)9-17(14)2/h4-5,8-9H,6H2,1-3H3. The van der Waals surface area contributed by atoms with Crippen LogP contribution < -0.4 is 4.74 Å². The SMILES string of the molecule is COc1ccc(-c2nc(CC#N)cn2C)cc1C. The molecule has 0 fully saturated rings. The molecule has 0 N–H and O–H groups in total. The first kappa shape index (κ1) is 12.2. The molecule has 0 amide bonds. The lowest BCUT2D eigenvalue weighted by Gasteiger charge is -2.07. The highest BCUT2D eigenvalue weighted by Crippen LogP contribution is 2.25. The summed E-state index contributed by atoms with van der Waals surface area (Å²) in [6.07, 6.45) is 2.22. The third-order valence-electron chi connectivity index (χ3n) is 2.84. The van der Waals surface area contributed by atoms with Gasteiger partial charge in [0.25, 0.3) is 0 Å². The van der Waals surface area contributed by atoms with Gasteiger partial charge >= 0.3 is 0 Å². The van der Waals surface area contributed by atoms with E-state index in [0.717, 1.165) is 28.4 Å². The highest BCUT2D eigenvalue weighted by molar-refractivity contribution is 5.59. The van der Waals surface area contributed by atoms with Crippen LogP contribution in [0.4, 0.5) is 0 Å². The Hall–Kier alpha value is -2.28. The van der Waals surface area contributed by atoms with Gasteiger partial charge in [0.2, 0.25) is 0 Å².